The first-order valence-corrected chi connectivity index (χ1v) is 5.84. The number of hydrogen-bond donors (Lipinski definition) is 1. The second-order valence-electron chi connectivity index (χ2n) is 3.10. The first kappa shape index (κ1) is 10.0. The van der Waals surface area contributed by atoms with Crippen LogP contribution >= 0.6 is 0 Å². The van der Waals surface area contributed by atoms with Gasteiger partial charge in [-0.25, -0.2) is 13.6 Å². The molecule has 0 amide bonds. The van der Waals surface area contributed by atoms with Gasteiger partial charge in [-0.2, -0.15) is 10.2 Å². The van der Waals surface area contributed by atoms with Crippen LogP contribution in [0.3, 0.4) is 0 Å². The maximum Gasteiger partial charge on any atom is 0.238 e. The van der Waals surface area contributed by atoms with E-state index in [1.807, 2.05) is 12.2 Å². The third-order valence-corrected chi connectivity index (χ3v) is 3.08. The molecule has 15 heavy (non-hydrogen) atoms. The molecule has 2 rings (SSSR count). The van der Waals surface area contributed by atoms with E-state index in [2.05, 4.69) is 10.2 Å². The Hall–Kier alpha value is -1.53. The molecule has 0 fully saturated rings. The molecule has 78 valence electrons. The van der Waals surface area contributed by atoms with Crippen molar-refractivity contribution in [1.82, 2.24) is 0 Å². The van der Waals surface area contributed by atoms with Crippen LogP contribution in [0.4, 0.5) is 0 Å². The van der Waals surface area contributed by atoms with E-state index in [1.54, 1.807) is 6.08 Å². The van der Waals surface area contributed by atoms with Gasteiger partial charge >= 0.3 is 0 Å². The Morgan fingerprint density at radius 3 is 2.93 bits per heavy atom. The monoisotopic (exact) mass is 223 g/mol. The lowest BCUT2D eigenvalue weighted by Crippen LogP contribution is -2.15. The van der Waals surface area contributed by atoms with E-state index in [1.165, 1.54) is 12.3 Å². The molecule has 6 heteroatoms. The van der Waals surface area contributed by atoms with Gasteiger partial charge in [-0.15, -0.1) is 0 Å². The topological polar surface area (TPSA) is 84.9 Å². The third kappa shape index (κ3) is 1.95. The highest BCUT2D eigenvalue weighted by Gasteiger charge is 2.20. The van der Waals surface area contributed by atoms with Crippen molar-refractivity contribution >= 4 is 10.0 Å². The van der Waals surface area contributed by atoms with Gasteiger partial charge in [0.25, 0.3) is 0 Å². The first-order chi connectivity index (χ1) is 7.09. The van der Waals surface area contributed by atoms with Gasteiger partial charge in [0, 0.05) is 5.57 Å². The van der Waals surface area contributed by atoms with Gasteiger partial charge in [0.1, 0.15) is 0 Å². The summed E-state index contributed by atoms with van der Waals surface area (Å²) in [4.78, 5) is 0.0862. The van der Waals surface area contributed by atoms with Crippen LogP contribution in [-0.2, 0) is 10.0 Å². The number of primary sulfonamides is 1. The largest absolute Gasteiger partial charge is 0.238 e. The van der Waals surface area contributed by atoms with E-state index in [-0.39, 0.29) is 4.91 Å². The fourth-order valence-electron chi connectivity index (χ4n) is 1.43. The summed E-state index contributed by atoms with van der Waals surface area (Å²) in [7, 11) is -3.72. The third-order valence-electron chi connectivity index (χ3n) is 2.08. The van der Waals surface area contributed by atoms with Crippen LogP contribution in [0, 0.1) is 0 Å². The maximum absolute atomic E-state index is 11.3. The predicted octanol–water partition coefficient (Wildman–Crippen LogP) is 1.35. The predicted molar refractivity (Wildman–Crippen MR) is 56.0 cm³/mol. The molecule has 5 nitrogen and oxygen atoms in total. The van der Waals surface area contributed by atoms with Gasteiger partial charge in [-0.1, -0.05) is 12.2 Å². The molecule has 0 spiro atoms. The fraction of sp³-hybridized carbons (Fsp3) is 0.111. The molecule has 1 aliphatic carbocycles. The number of fused-ring (bicyclic) bond motifs is 1. The molecule has 0 atom stereocenters. The summed E-state index contributed by atoms with van der Waals surface area (Å²) in [6, 6.07) is 0. The molecule has 1 heterocycles. The van der Waals surface area contributed by atoms with Crippen molar-refractivity contribution in [2.24, 2.45) is 15.4 Å². The Bertz CT molecular complexity index is 536. The molecule has 2 N–H and O–H groups in total. The molecule has 0 saturated heterocycles. The standard InChI is InChI=1S/C9H9N3O2S/c10-15(13,14)9-5-6-11-12-8-4-2-1-3-7(8)9/h1-2,4-6H,3H2,(H2,10,13,14). The SMILES string of the molecule is NS(=O)(=O)C1=C2CC=CC=C2N=NC=C1. The van der Waals surface area contributed by atoms with Crippen molar-refractivity contribution in [2.75, 3.05) is 0 Å². The molecule has 0 aromatic rings. The quantitative estimate of drug-likeness (QED) is 0.727. The first-order valence-electron chi connectivity index (χ1n) is 4.29. The average Bonchev–Trinajstić information content (AvgIpc) is 2.38. The minimum Gasteiger partial charge on any atom is -0.225 e. The van der Waals surface area contributed by atoms with Crippen LogP contribution in [0.25, 0.3) is 0 Å². The Balaban J connectivity index is 2.66. The second-order valence-corrected chi connectivity index (χ2v) is 4.63. The highest BCUT2D eigenvalue weighted by atomic mass is 32.2. The Morgan fingerprint density at radius 1 is 1.40 bits per heavy atom. The molecule has 0 aromatic heterocycles. The zero-order valence-electron chi connectivity index (χ0n) is 7.79. The van der Waals surface area contributed by atoms with Crippen molar-refractivity contribution < 1.29 is 8.42 Å². The van der Waals surface area contributed by atoms with E-state index in [4.69, 9.17) is 5.14 Å². The molecule has 1 aliphatic heterocycles. The molecule has 0 bridgehead atoms. The van der Waals surface area contributed by atoms with Crippen LogP contribution in [-0.4, -0.2) is 8.42 Å². The van der Waals surface area contributed by atoms with Crippen molar-refractivity contribution in [1.29, 1.82) is 0 Å². The summed E-state index contributed by atoms with van der Waals surface area (Å²) in [5.74, 6) is 0. The van der Waals surface area contributed by atoms with Gasteiger partial charge in [-0.05, 0) is 18.6 Å². The fourth-order valence-corrected chi connectivity index (χ4v) is 2.22. The molecule has 0 aromatic carbocycles. The minimum absolute atomic E-state index is 0.0862. The van der Waals surface area contributed by atoms with Gasteiger partial charge in [0.05, 0.1) is 16.8 Å². The number of nitrogens with two attached hydrogens (primary N) is 1. The van der Waals surface area contributed by atoms with Crippen LogP contribution in [0.5, 0.6) is 0 Å². The molecular formula is C9H9N3O2S. The molecular weight excluding hydrogens is 214 g/mol. The molecule has 0 saturated carbocycles. The summed E-state index contributed by atoms with van der Waals surface area (Å²) in [5, 5.41) is 12.7. The van der Waals surface area contributed by atoms with Crippen LogP contribution in [0.2, 0.25) is 0 Å². The lowest BCUT2D eigenvalue weighted by molar-refractivity contribution is 0.604. The van der Waals surface area contributed by atoms with Gasteiger partial charge < -0.3 is 0 Å². The molecule has 0 unspecified atom stereocenters. The summed E-state index contributed by atoms with van der Waals surface area (Å²) < 4.78 is 22.7. The van der Waals surface area contributed by atoms with Crippen molar-refractivity contribution in [3.05, 3.63) is 46.7 Å². The number of rotatable bonds is 1. The van der Waals surface area contributed by atoms with Crippen LogP contribution in [0.15, 0.2) is 56.9 Å². The van der Waals surface area contributed by atoms with E-state index in [0.29, 0.717) is 17.7 Å². The lowest BCUT2D eigenvalue weighted by Gasteiger charge is -2.10. The number of nitrogens with zero attached hydrogens (tertiary/aromatic N) is 2. The van der Waals surface area contributed by atoms with Crippen LogP contribution < -0.4 is 5.14 Å². The summed E-state index contributed by atoms with van der Waals surface area (Å²) in [6.07, 6.45) is 8.56. The Labute approximate surface area is 87.4 Å². The summed E-state index contributed by atoms with van der Waals surface area (Å²) in [6.45, 7) is 0. The number of allylic oxidation sites excluding steroid dienone is 5. The van der Waals surface area contributed by atoms with Crippen molar-refractivity contribution in [3.63, 3.8) is 0 Å². The highest BCUT2D eigenvalue weighted by molar-refractivity contribution is 7.93. The lowest BCUT2D eigenvalue weighted by atomic mass is 10.0. The maximum atomic E-state index is 11.3. The van der Waals surface area contributed by atoms with Crippen LogP contribution in [0.1, 0.15) is 6.42 Å². The number of azo groups is 1. The minimum atomic E-state index is -3.72. The molecule has 0 radical (unpaired) electrons. The van der Waals surface area contributed by atoms with Gasteiger partial charge in [0.15, 0.2) is 0 Å². The van der Waals surface area contributed by atoms with E-state index < -0.39 is 10.0 Å². The normalized spacial score (nSPS) is 19.9. The number of hydrogen-bond acceptors (Lipinski definition) is 4. The summed E-state index contributed by atoms with van der Waals surface area (Å²) >= 11 is 0. The van der Waals surface area contributed by atoms with Gasteiger partial charge in [-0.3, -0.25) is 0 Å². The summed E-state index contributed by atoms with van der Waals surface area (Å²) in [5.41, 5.74) is 1.14. The average molecular weight is 223 g/mol. The second kappa shape index (κ2) is 3.56. The van der Waals surface area contributed by atoms with E-state index in [9.17, 15) is 8.42 Å². The molecule has 2 aliphatic rings. The zero-order valence-corrected chi connectivity index (χ0v) is 8.61. The van der Waals surface area contributed by atoms with E-state index >= 15 is 0 Å². The van der Waals surface area contributed by atoms with Gasteiger partial charge in [0.2, 0.25) is 10.0 Å². The Morgan fingerprint density at radius 2 is 2.20 bits per heavy atom. The smallest absolute Gasteiger partial charge is 0.225 e. The Kier molecular flexibility index (Phi) is 2.37. The highest BCUT2D eigenvalue weighted by Crippen LogP contribution is 2.28. The van der Waals surface area contributed by atoms with E-state index in [0.717, 1.165) is 0 Å². The number of sulfonamides is 1. The zero-order chi connectivity index (χ0) is 10.9. The van der Waals surface area contributed by atoms with Crippen molar-refractivity contribution in [3.8, 4) is 0 Å². The van der Waals surface area contributed by atoms with Crippen molar-refractivity contribution in [2.45, 2.75) is 6.42 Å².